The van der Waals surface area contributed by atoms with E-state index in [2.05, 4.69) is 193 Å². The van der Waals surface area contributed by atoms with Crippen LogP contribution in [0, 0.1) is 0 Å². The quantitative estimate of drug-likeness (QED) is 0.170. The lowest BCUT2D eigenvalue weighted by atomic mass is 9.95. The van der Waals surface area contributed by atoms with Crippen molar-refractivity contribution in [1.29, 1.82) is 0 Å². The highest BCUT2D eigenvalue weighted by Crippen LogP contribution is 2.47. The molecule has 0 fully saturated rings. The van der Waals surface area contributed by atoms with Gasteiger partial charge < -0.3 is 9.32 Å². The molecule has 0 saturated carbocycles. The molecule has 3 heteroatoms. The van der Waals surface area contributed by atoms with Crippen LogP contribution in [0.4, 0.5) is 17.1 Å². The number of nitrogens with zero attached hydrogens (tertiary/aromatic N) is 1. The van der Waals surface area contributed by atoms with Gasteiger partial charge in [-0.3, -0.25) is 0 Å². The van der Waals surface area contributed by atoms with Gasteiger partial charge in [0, 0.05) is 47.8 Å². The van der Waals surface area contributed by atoms with Gasteiger partial charge in [-0.2, -0.15) is 0 Å². The van der Waals surface area contributed by atoms with Gasteiger partial charge in [0.05, 0.1) is 11.4 Å². The predicted octanol–water partition coefficient (Wildman–Crippen LogP) is 15.6. The number of para-hydroxylation sites is 3. The normalized spacial score (nSPS) is 11.6. The van der Waals surface area contributed by atoms with Gasteiger partial charge in [-0.05, 0) is 87.6 Å². The molecule has 0 N–H and O–H groups in total. The number of rotatable bonds is 6. The van der Waals surface area contributed by atoms with Gasteiger partial charge in [-0.1, -0.05) is 146 Å². The van der Waals surface area contributed by atoms with Crippen LogP contribution in [0.25, 0.3) is 86.3 Å². The molecule has 11 rings (SSSR count). The van der Waals surface area contributed by atoms with E-state index in [4.69, 9.17) is 4.42 Å². The van der Waals surface area contributed by atoms with E-state index in [1.807, 2.05) is 23.5 Å². The Morgan fingerprint density at radius 3 is 1.80 bits per heavy atom. The third kappa shape index (κ3) is 5.32. The molecule has 0 saturated heterocycles. The van der Waals surface area contributed by atoms with Crippen molar-refractivity contribution in [3.05, 3.63) is 200 Å². The molecule has 0 bridgehead atoms. The minimum absolute atomic E-state index is 0.885. The van der Waals surface area contributed by atoms with Crippen LogP contribution in [0.15, 0.2) is 205 Å². The van der Waals surface area contributed by atoms with Crippen molar-refractivity contribution in [1.82, 2.24) is 0 Å². The molecule has 2 nitrogen and oxygen atoms in total. The topological polar surface area (TPSA) is 16.4 Å². The summed E-state index contributed by atoms with van der Waals surface area (Å²) in [6.45, 7) is 0. The highest BCUT2D eigenvalue weighted by atomic mass is 32.1. The molecule has 2 heterocycles. The second kappa shape index (κ2) is 12.9. The Morgan fingerprint density at radius 1 is 0.345 bits per heavy atom. The van der Waals surface area contributed by atoms with Crippen LogP contribution in [0.1, 0.15) is 0 Å². The molecule has 0 aliphatic heterocycles. The van der Waals surface area contributed by atoms with Crippen LogP contribution >= 0.6 is 11.3 Å². The Morgan fingerprint density at radius 2 is 0.927 bits per heavy atom. The van der Waals surface area contributed by atoms with E-state index in [0.29, 0.717) is 0 Å². The highest BCUT2D eigenvalue weighted by molar-refractivity contribution is 7.25. The number of anilines is 3. The summed E-state index contributed by atoms with van der Waals surface area (Å²) in [5, 5.41) is 7.35. The first-order valence-corrected chi connectivity index (χ1v) is 19.5. The zero-order valence-electron chi connectivity index (χ0n) is 29.8. The number of furan rings is 1. The maximum atomic E-state index is 6.39. The van der Waals surface area contributed by atoms with Gasteiger partial charge in [0.25, 0.3) is 0 Å². The van der Waals surface area contributed by atoms with E-state index < -0.39 is 0 Å². The Labute approximate surface area is 322 Å². The number of hydrogen-bond acceptors (Lipinski definition) is 3. The zero-order valence-corrected chi connectivity index (χ0v) is 30.6. The first-order valence-electron chi connectivity index (χ1n) is 18.7. The van der Waals surface area contributed by atoms with Crippen molar-refractivity contribution in [2.24, 2.45) is 0 Å². The van der Waals surface area contributed by atoms with Crippen molar-refractivity contribution in [3.63, 3.8) is 0 Å². The van der Waals surface area contributed by atoms with Crippen molar-refractivity contribution in [3.8, 4) is 33.4 Å². The van der Waals surface area contributed by atoms with Crippen LogP contribution in [-0.4, -0.2) is 0 Å². The fraction of sp³-hybridized carbons (Fsp3) is 0. The Balaban J connectivity index is 1.09. The molecule has 2 aromatic heterocycles. The largest absolute Gasteiger partial charge is 0.456 e. The molecule has 9 aromatic carbocycles. The fourth-order valence-corrected chi connectivity index (χ4v) is 9.42. The van der Waals surface area contributed by atoms with Crippen molar-refractivity contribution >= 4 is 81.3 Å². The second-order valence-corrected chi connectivity index (χ2v) is 15.1. The smallest absolute Gasteiger partial charge is 0.136 e. The summed E-state index contributed by atoms with van der Waals surface area (Å²) < 4.78 is 9.02. The highest BCUT2D eigenvalue weighted by Gasteiger charge is 2.22. The van der Waals surface area contributed by atoms with Crippen LogP contribution in [-0.2, 0) is 0 Å². The molecule has 0 atom stereocenters. The fourth-order valence-electron chi connectivity index (χ4n) is 8.28. The third-order valence-electron chi connectivity index (χ3n) is 10.9. The lowest BCUT2D eigenvalue weighted by Gasteiger charge is -2.30. The molecular formula is C52H33NOS. The lowest BCUT2D eigenvalue weighted by Crippen LogP contribution is -2.12. The third-order valence-corrected chi connectivity index (χ3v) is 12.0. The van der Waals surface area contributed by atoms with Crippen LogP contribution in [0.3, 0.4) is 0 Å². The Hall–Kier alpha value is -6.94. The predicted molar refractivity (Wildman–Crippen MR) is 235 cm³/mol. The summed E-state index contributed by atoms with van der Waals surface area (Å²) in [5.41, 5.74) is 12.1. The van der Waals surface area contributed by atoms with Gasteiger partial charge in [-0.15, -0.1) is 11.3 Å². The lowest BCUT2D eigenvalue weighted by molar-refractivity contribution is 0.669. The molecule has 258 valence electrons. The van der Waals surface area contributed by atoms with E-state index in [0.717, 1.165) is 50.1 Å². The number of fused-ring (bicyclic) bond motifs is 7. The second-order valence-electron chi connectivity index (χ2n) is 14.1. The van der Waals surface area contributed by atoms with Gasteiger partial charge in [0.15, 0.2) is 0 Å². The SMILES string of the molecule is c1ccc(N(c2ccc(-c3ccc4c(c3)sc3ccccc34)cc2)c2ccccc2-c2cccc3ccccc23)c(-c2ccc3c(c2)oc2ccccc23)c1. The molecule has 0 amide bonds. The van der Waals surface area contributed by atoms with Crippen molar-refractivity contribution < 1.29 is 4.42 Å². The summed E-state index contributed by atoms with van der Waals surface area (Å²) in [4.78, 5) is 2.42. The maximum Gasteiger partial charge on any atom is 0.136 e. The van der Waals surface area contributed by atoms with Gasteiger partial charge in [-0.25, -0.2) is 0 Å². The van der Waals surface area contributed by atoms with Gasteiger partial charge >= 0.3 is 0 Å². The zero-order chi connectivity index (χ0) is 36.3. The molecule has 55 heavy (non-hydrogen) atoms. The average Bonchev–Trinajstić information content (AvgIpc) is 3.82. The number of benzene rings is 9. The molecular weight excluding hydrogens is 687 g/mol. The van der Waals surface area contributed by atoms with Gasteiger partial charge in [0.2, 0.25) is 0 Å². The molecule has 0 spiro atoms. The van der Waals surface area contributed by atoms with E-state index in [-0.39, 0.29) is 0 Å². The number of thiophene rings is 1. The first-order chi connectivity index (χ1) is 27.3. The van der Waals surface area contributed by atoms with Crippen LogP contribution in [0.2, 0.25) is 0 Å². The van der Waals surface area contributed by atoms with E-state index >= 15 is 0 Å². The average molecular weight is 720 g/mol. The minimum atomic E-state index is 0.885. The van der Waals surface area contributed by atoms with E-state index in [9.17, 15) is 0 Å². The Kier molecular flexibility index (Phi) is 7.39. The Bertz CT molecular complexity index is 3220. The van der Waals surface area contributed by atoms with Crippen LogP contribution < -0.4 is 4.90 Å². The minimum Gasteiger partial charge on any atom is -0.456 e. The monoisotopic (exact) mass is 719 g/mol. The maximum absolute atomic E-state index is 6.39. The van der Waals surface area contributed by atoms with Crippen LogP contribution in [0.5, 0.6) is 0 Å². The van der Waals surface area contributed by atoms with Crippen molar-refractivity contribution in [2.75, 3.05) is 4.90 Å². The molecule has 0 aliphatic carbocycles. The summed E-state index contributed by atoms with van der Waals surface area (Å²) in [6, 6.07) is 72.3. The van der Waals surface area contributed by atoms with E-state index in [1.54, 1.807) is 0 Å². The molecule has 0 radical (unpaired) electrons. The standard InChI is InChI=1S/C52H33NOS/c1-2-14-39-35(12-1)13-11-19-41(39)42-16-4-8-21-48(42)53(38-28-24-34(25-29-38)36-26-31-46-45-18-6-10-23-51(45)55-52(46)33-36)47-20-7-3-15-40(47)37-27-30-44-43-17-5-9-22-49(43)54-50(44)32-37/h1-33H. The summed E-state index contributed by atoms with van der Waals surface area (Å²) in [6.07, 6.45) is 0. The molecule has 0 aliphatic rings. The first kappa shape index (κ1) is 31.6. The van der Waals surface area contributed by atoms with Gasteiger partial charge in [0.1, 0.15) is 11.2 Å². The summed E-state index contributed by atoms with van der Waals surface area (Å²) in [5.74, 6) is 0. The molecule has 11 aromatic rings. The summed E-state index contributed by atoms with van der Waals surface area (Å²) >= 11 is 1.86. The van der Waals surface area contributed by atoms with Crippen molar-refractivity contribution in [2.45, 2.75) is 0 Å². The summed E-state index contributed by atoms with van der Waals surface area (Å²) in [7, 11) is 0. The van der Waals surface area contributed by atoms with E-state index in [1.165, 1.54) is 53.2 Å². The molecule has 0 unspecified atom stereocenters. The number of hydrogen-bond donors (Lipinski definition) is 0.